The molecule has 0 aromatic heterocycles. The van der Waals surface area contributed by atoms with Crippen molar-refractivity contribution in [1.29, 1.82) is 0 Å². The number of benzene rings is 1. The van der Waals surface area contributed by atoms with Gasteiger partial charge in [0.05, 0.1) is 0 Å². The van der Waals surface area contributed by atoms with Crippen LogP contribution in [0.2, 0.25) is 0 Å². The molecule has 1 rings (SSSR count). The third kappa shape index (κ3) is 2.16. The SMILES string of the molecule is C/C=C(/C)C(C)c1ccccc1NC. The molecule has 1 unspecified atom stereocenters. The Morgan fingerprint density at radius 3 is 2.57 bits per heavy atom. The molecule has 0 bridgehead atoms. The number of anilines is 1. The van der Waals surface area contributed by atoms with Crippen LogP contribution in [0, 0.1) is 0 Å². The Hall–Kier alpha value is -1.24. The number of hydrogen-bond acceptors (Lipinski definition) is 1. The van der Waals surface area contributed by atoms with Gasteiger partial charge in [-0.1, -0.05) is 36.8 Å². The Balaban J connectivity index is 3.05. The maximum absolute atomic E-state index is 3.23. The molecule has 0 heterocycles. The largest absolute Gasteiger partial charge is 0.388 e. The van der Waals surface area contributed by atoms with Gasteiger partial charge in [0.15, 0.2) is 0 Å². The Morgan fingerprint density at radius 2 is 2.00 bits per heavy atom. The molecule has 0 aliphatic heterocycles. The van der Waals surface area contributed by atoms with E-state index < -0.39 is 0 Å². The minimum atomic E-state index is 0.489. The van der Waals surface area contributed by atoms with Crippen LogP contribution >= 0.6 is 0 Å². The van der Waals surface area contributed by atoms with Crippen molar-refractivity contribution in [2.24, 2.45) is 0 Å². The van der Waals surface area contributed by atoms with Gasteiger partial charge in [0.2, 0.25) is 0 Å². The van der Waals surface area contributed by atoms with Crippen LogP contribution in [-0.2, 0) is 0 Å². The van der Waals surface area contributed by atoms with Gasteiger partial charge in [0, 0.05) is 18.7 Å². The van der Waals surface area contributed by atoms with Gasteiger partial charge in [-0.25, -0.2) is 0 Å². The van der Waals surface area contributed by atoms with Crippen LogP contribution in [0.5, 0.6) is 0 Å². The first-order valence-corrected chi connectivity index (χ1v) is 5.10. The van der Waals surface area contributed by atoms with Crippen LogP contribution in [-0.4, -0.2) is 7.05 Å². The lowest BCUT2D eigenvalue weighted by Gasteiger charge is -2.16. The molecule has 0 saturated heterocycles. The van der Waals surface area contributed by atoms with E-state index in [9.17, 15) is 0 Å². The second-order valence-corrected chi connectivity index (χ2v) is 3.59. The van der Waals surface area contributed by atoms with E-state index in [-0.39, 0.29) is 0 Å². The van der Waals surface area contributed by atoms with E-state index in [0.717, 1.165) is 0 Å². The maximum Gasteiger partial charge on any atom is 0.0376 e. The quantitative estimate of drug-likeness (QED) is 0.713. The molecule has 14 heavy (non-hydrogen) atoms. The molecule has 1 aromatic carbocycles. The predicted octanol–water partition coefficient (Wildman–Crippen LogP) is 3.80. The second kappa shape index (κ2) is 4.85. The van der Waals surface area contributed by atoms with Gasteiger partial charge < -0.3 is 5.32 Å². The summed E-state index contributed by atoms with van der Waals surface area (Å²) < 4.78 is 0. The molecule has 0 saturated carbocycles. The molecule has 0 fully saturated rings. The zero-order valence-corrected chi connectivity index (χ0v) is 9.46. The number of para-hydroxylation sites is 1. The summed E-state index contributed by atoms with van der Waals surface area (Å²) in [4.78, 5) is 0. The summed E-state index contributed by atoms with van der Waals surface area (Å²) in [6.07, 6.45) is 2.18. The number of hydrogen-bond donors (Lipinski definition) is 1. The first kappa shape index (κ1) is 10.8. The fraction of sp³-hybridized carbons (Fsp3) is 0.385. The lowest BCUT2D eigenvalue weighted by atomic mass is 9.92. The van der Waals surface area contributed by atoms with Crippen molar-refractivity contribution in [1.82, 2.24) is 0 Å². The van der Waals surface area contributed by atoms with Crippen molar-refractivity contribution < 1.29 is 0 Å². The highest BCUT2D eigenvalue weighted by Crippen LogP contribution is 2.29. The zero-order chi connectivity index (χ0) is 10.6. The molecule has 1 heteroatoms. The molecule has 0 aliphatic rings. The van der Waals surface area contributed by atoms with Gasteiger partial charge in [-0.2, -0.15) is 0 Å². The van der Waals surface area contributed by atoms with Crippen molar-refractivity contribution in [2.45, 2.75) is 26.7 Å². The Kier molecular flexibility index (Phi) is 3.75. The molecule has 1 aromatic rings. The lowest BCUT2D eigenvalue weighted by molar-refractivity contribution is 0.892. The van der Waals surface area contributed by atoms with E-state index in [2.05, 4.69) is 56.4 Å². The van der Waals surface area contributed by atoms with Gasteiger partial charge in [0.1, 0.15) is 0 Å². The minimum absolute atomic E-state index is 0.489. The standard InChI is InChI=1S/C13H19N/c1-5-10(2)11(3)12-8-6-7-9-13(12)14-4/h5-9,11,14H,1-4H3/b10-5-. The summed E-state index contributed by atoms with van der Waals surface area (Å²) in [6, 6.07) is 8.46. The van der Waals surface area contributed by atoms with Crippen LogP contribution in [0.4, 0.5) is 5.69 Å². The fourth-order valence-electron chi connectivity index (χ4n) is 1.60. The van der Waals surface area contributed by atoms with E-state index in [1.54, 1.807) is 0 Å². The Labute approximate surface area is 86.8 Å². The van der Waals surface area contributed by atoms with Crippen LogP contribution < -0.4 is 5.32 Å². The van der Waals surface area contributed by atoms with Crippen LogP contribution in [0.15, 0.2) is 35.9 Å². The molecule has 1 nitrogen and oxygen atoms in total. The van der Waals surface area contributed by atoms with Gasteiger partial charge in [0.25, 0.3) is 0 Å². The van der Waals surface area contributed by atoms with Crippen LogP contribution in [0.3, 0.4) is 0 Å². The summed E-state index contributed by atoms with van der Waals surface area (Å²) in [7, 11) is 1.97. The van der Waals surface area contributed by atoms with Crippen molar-refractivity contribution in [3.8, 4) is 0 Å². The van der Waals surface area contributed by atoms with E-state index >= 15 is 0 Å². The summed E-state index contributed by atoms with van der Waals surface area (Å²) in [5.74, 6) is 0.489. The van der Waals surface area contributed by atoms with Crippen LogP contribution in [0.1, 0.15) is 32.3 Å². The Bertz CT molecular complexity index is 326. The van der Waals surface area contributed by atoms with E-state index in [4.69, 9.17) is 0 Å². The topological polar surface area (TPSA) is 12.0 Å². The van der Waals surface area contributed by atoms with Crippen molar-refractivity contribution in [2.75, 3.05) is 12.4 Å². The molecule has 1 atom stereocenters. The van der Waals surface area contributed by atoms with Crippen LogP contribution in [0.25, 0.3) is 0 Å². The maximum atomic E-state index is 3.23. The van der Waals surface area contributed by atoms with E-state index in [0.29, 0.717) is 5.92 Å². The normalized spacial score (nSPS) is 13.9. The van der Waals surface area contributed by atoms with Crippen molar-refractivity contribution in [3.05, 3.63) is 41.5 Å². The summed E-state index contributed by atoms with van der Waals surface area (Å²) >= 11 is 0. The number of allylic oxidation sites excluding steroid dienone is 2. The highest BCUT2D eigenvalue weighted by atomic mass is 14.8. The molecular formula is C13H19N. The third-order valence-electron chi connectivity index (χ3n) is 2.83. The van der Waals surface area contributed by atoms with Gasteiger partial charge in [-0.05, 0) is 25.5 Å². The molecule has 0 aliphatic carbocycles. The second-order valence-electron chi connectivity index (χ2n) is 3.59. The smallest absolute Gasteiger partial charge is 0.0376 e. The number of rotatable bonds is 3. The predicted molar refractivity (Wildman–Crippen MR) is 63.8 cm³/mol. The minimum Gasteiger partial charge on any atom is -0.388 e. The molecule has 0 spiro atoms. The molecule has 76 valence electrons. The molecule has 1 N–H and O–H groups in total. The van der Waals surface area contributed by atoms with Crippen molar-refractivity contribution in [3.63, 3.8) is 0 Å². The first-order chi connectivity index (χ1) is 6.70. The Morgan fingerprint density at radius 1 is 1.36 bits per heavy atom. The van der Waals surface area contributed by atoms with Gasteiger partial charge >= 0.3 is 0 Å². The monoisotopic (exact) mass is 189 g/mol. The first-order valence-electron chi connectivity index (χ1n) is 5.10. The van der Waals surface area contributed by atoms with Gasteiger partial charge in [-0.3, -0.25) is 0 Å². The molecular weight excluding hydrogens is 170 g/mol. The average molecular weight is 189 g/mol. The molecule has 0 amide bonds. The lowest BCUT2D eigenvalue weighted by Crippen LogP contribution is -2.00. The average Bonchev–Trinajstić information content (AvgIpc) is 2.26. The third-order valence-corrected chi connectivity index (χ3v) is 2.83. The number of nitrogens with one attached hydrogen (secondary N) is 1. The zero-order valence-electron chi connectivity index (χ0n) is 9.46. The van der Waals surface area contributed by atoms with Gasteiger partial charge in [-0.15, -0.1) is 0 Å². The highest BCUT2D eigenvalue weighted by Gasteiger charge is 2.09. The summed E-state index contributed by atoms with van der Waals surface area (Å²) in [5, 5.41) is 3.23. The van der Waals surface area contributed by atoms with Crippen molar-refractivity contribution >= 4 is 5.69 Å². The summed E-state index contributed by atoms with van der Waals surface area (Å²) in [6.45, 7) is 6.51. The van der Waals surface area contributed by atoms with E-state index in [1.165, 1.54) is 16.8 Å². The molecule has 0 radical (unpaired) electrons. The summed E-state index contributed by atoms with van der Waals surface area (Å²) in [5.41, 5.74) is 4.00. The van der Waals surface area contributed by atoms with E-state index in [1.807, 2.05) is 7.05 Å². The highest BCUT2D eigenvalue weighted by molar-refractivity contribution is 5.53. The fourth-order valence-corrected chi connectivity index (χ4v) is 1.60.